The highest BCUT2D eigenvalue weighted by Gasteiger charge is 2.42. The van der Waals surface area contributed by atoms with E-state index in [0.29, 0.717) is 11.3 Å². The molecule has 0 aromatic carbocycles. The number of carbonyl (C=O) groups is 1. The zero-order valence-corrected chi connectivity index (χ0v) is 12.5. The summed E-state index contributed by atoms with van der Waals surface area (Å²) in [5.74, 6) is 0.656. The summed E-state index contributed by atoms with van der Waals surface area (Å²) in [6.07, 6.45) is 7.64. The van der Waals surface area contributed by atoms with Gasteiger partial charge in [-0.05, 0) is 17.8 Å². The van der Waals surface area contributed by atoms with E-state index in [9.17, 15) is 4.79 Å². The van der Waals surface area contributed by atoms with Gasteiger partial charge in [-0.3, -0.25) is 0 Å². The van der Waals surface area contributed by atoms with Crippen molar-refractivity contribution < 1.29 is 9.53 Å². The van der Waals surface area contributed by atoms with E-state index in [1.165, 1.54) is 45.6 Å². The van der Waals surface area contributed by atoms with Crippen molar-refractivity contribution in [3.63, 3.8) is 0 Å². The van der Waals surface area contributed by atoms with Gasteiger partial charge in [0.05, 0.1) is 7.11 Å². The average Bonchev–Trinajstić information content (AvgIpc) is 2.32. The van der Waals surface area contributed by atoms with Gasteiger partial charge in [0.1, 0.15) is 0 Å². The van der Waals surface area contributed by atoms with Gasteiger partial charge in [0.25, 0.3) is 0 Å². The van der Waals surface area contributed by atoms with Crippen LogP contribution in [-0.2, 0) is 4.74 Å². The van der Waals surface area contributed by atoms with Crippen LogP contribution < -0.4 is 0 Å². The molecule has 0 spiro atoms. The molecule has 0 bridgehead atoms. The number of amides is 1. The number of unbranched alkanes of at least 4 members (excludes halogenated alkanes) is 3. The van der Waals surface area contributed by atoms with Crippen molar-refractivity contribution in [2.24, 2.45) is 11.3 Å². The lowest BCUT2D eigenvalue weighted by Gasteiger charge is -2.48. The molecule has 1 atom stereocenters. The van der Waals surface area contributed by atoms with E-state index in [-0.39, 0.29) is 6.09 Å². The van der Waals surface area contributed by atoms with E-state index in [1.54, 1.807) is 0 Å². The van der Waals surface area contributed by atoms with Gasteiger partial charge in [-0.25, -0.2) is 4.79 Å². The summed E-state index contributed by atoms with van der Waals surface area (Å²) in [6, 6.07) is 0. The number of hydrogen-bond acceptors (Lipinski definition) is 2. The first kappa shape index (κ1) is 15.3. The second kappa shape index (κ2) is 7.01. The second-order valence-corrected chi connectivity index (χ2v) is 5.89. The van der Waals surface area contributed by atoms with Gasteiger partial charge >= 0.3 is 6.09 Å². The molecule has 1 aliphatic rings. The fourth-order valence-electron chi connectivity index (χ4n) is 2.82. The first-order valence-corrected chi connectivity index (χ1v) is 7.40. The zero-order chi connectivity index (χ0) is 13.6. The molecule has 0 N–H and O–H groups in total. The molecule has 1 saturated heterocycles. The standard InChI is InChI=1S/C15H29NO2/c1-5-7-8-9-10-15(3,6-2)13-11-16(12-13)14(17)18-4/h13H,5-12H2,1-4H3. The van der Waals surface area contributed by atoms with Crippen molar-refractivity contribution >= 4 is 6.09 Å². The molecule has 1 amide bonds. The monoisotopic (exact) mass is 255 g/mol. The third kappa shape index (κ3) is 3.63. The molecule has 0 aliphatic carbocycles. The number of hydrogen-bond donors (Lipinski definition) is 0. The molecule has 1 aliphatic heterocycles. The van der Waals surface area contributed by atoms with Gasteiger partial charge in [0.2, 0.25) is 0 Å². The Balaban J connectivity index is 2.35. The van der Waals surface area contributed by atoms with Crippen LogP contribution in [0.3, 0.4) is 0 Å². The number of carbonyl (C=O) groups excluding carboxylic acids is 1. The van der Waals surface area contributed by atoms with Crippen LogP contribution in [0, 0.1) is 11.3 Å². The van der Waals surface area contributed by atoms with Crippen LogP contribution in [0.15, 0.2) is 0 Å². The van der Waals surface area contributed by atoms with Crippen molar-refractivity contribution in [1.82, 2.24) is 4.90 Å². The van der Waals surface area contributed by atoms with Gasteiger partial charge < -0.3 is 9.64 Å². The zero-order valence-electron chi connectivity index (χ0n) is 12.5. The highest BCUT2D eigenvalue weighted by Crippen LogP contribution is 2.41. The summed E-state index contributed by atoms with van der Waals surface area (Å²) < 4.78 is 4.75. The number of methoxy groups -OCH3 is 1. The van der Waals surface area contributed by atoms with Gasteiger partial charge in [-0.2, -0.15) is 0 Å². The van der Waals surface area contributed by atoms with Gasteiger partial charge in [0, 0.05) is 13.1 Å². The molecule has 3 nitrogen and oxygen atoms in total. The topological polar surface area (TPSA) is 29.5 Å². The summed E-state index contributed by atoms with van der Waals surface area (Å²) in [4.78, 5) is 13.2. The lowest BCUT2D eigenvalue weighted by molar-refractivity contribution is 0.0000782. The summed E-state index contributed by atoms with van der Waals surface area (Å²) in [5, 5.41) is 0. The Labute approximate surface area is 112 Å². The molecule has 0 saturated carbocycles. The number of rotatable bonds is 7. The van der Waals surface area contributed by atoms with E-state index in [1.807, 2.05) is 4.90 Å². The molecule has 0 radical (unpaired) electrons. The van der Waals surface area contributed by atoms with E-state index in [0.717, 1.165) is 13.1 Å². The Bertz CT molecular complexity index is 261. The van der Waals surface area contributed by atoms with Crippen molar-refractivity contribution in [3.8, 4) is 0 Å². The molecule has 3 heteroatoms. The van der Waals surface area contributed by atoms with Crippen LogP contribution in [0.2, 0.25) is 0 Å². The van der Waals surface area contributed by atoms with Crippen molar-refractivity contribution in [2.45, 2.75) is 59.3 Å². The van der Waals surface area contributed by atoms with Gasteiger partial charge in [-0.15, -0.1) is 0 Å². The number of likely N-dealkylation sites (tertiary alicyclic amines) is 1. The summed E-state index contributed by atoms with van der Waals surface area (Å²) >= 11 is 0. The Morgan fingerprint density at radius 3 is 2.44 bits per heavy atom. The molecular weight excluding hydrogens is 226 g/mol. The van der Waals surface area contributed by atoms with E-state index >= 15 is 0 Å². The SMILES string of the molecule is CCCCCCC(C)(CC)C1CN(C(=O)OC)C1. The Hall–Kier alpha value is -0.730. The third-order valence-electron chi connectivity index (χ3n) is 4.71. The van der Waals surface area contributed by atoms with Crippen molar-refractivity contribution in [1.29, 1.82) is 0 Å². The van der Waals surface area contributed by atoms with Crippen LogP contribution in [0.25, 0.3) is 0 Å². The molecular formula is C15H29NO2. The fraction of sp³-hybridized carbons (Fsp3) is 0.933. The Morgan fingerprint density at radius 2 is 1.94 bits per heavy atom. The molecule has 18 heavy (non-hydrogen) atoms. The minimum atomic E-state index is -0.171. The van der Waals surface area contributed by atoms with Gasteiger partial charge in [0.15, 0.2) is 0 Å². The average molecular weight is 255 g/mol. The van der Waals surface area contributed by atoms with E-state index in [2.05, 4.69) is 20.8 Å². The largest absolute Gasteiger partial charge is 0.453 e. The minimum absolute atomic E-state index is 0.171. The maximum absolute atomic E-state index is 11.4. The van der Waals surface area contributed by atoms with Crippen LogP contribution in [0.5, 0.6) is 0 Å². The third-order valence-corrected chi connectivity index (χ3v) is 4.71. The first-order chi connectivity index (χ1) is 8.57. The van der Waals surface area contributed by atoms with Crippen LogP contribution in [-0.4, -0.2) is 31.2 Å². The first-order valence-electron chi connectivity index (χ1n) is 7.40. The predicted octanol–water partition coefficient (Wildman–Crippen LogP) is 4.07. The lowest BCUT2D eigenvalue weighted by Crippen LogP contribution is -2.55. The molecule has 1 fully saturated rings. The van der Waals surface area contributed by atoms with Crippen molar-refractivity contribution in [2.75, 3.05) is 20.2 Å². The smallest absolute Gasteiger partial charge is 0.409 e. The van der Waals surface area contributed by atoms with Gasteiger partial charge in [-0.1, -0.05) is 52.9 Å². The lowest BCUT2D eigenvalue weighted by atomic mass is 9.68. The van der Waals surface area contributed by atoms with E-state index < -0.39 is 0 Å². The van der Waals surface area contributed by atoms with Crippen LogP contribution in [0.1, 0.15) is 59.3 Å². The molecule has 1 unspecified atom stereocenters. The Kier molecular flexibility index (Phi) is 5.97. The highest BCUT2D eigenvalue weighted by atomic mass is 16.5. The molecule has 0 aromatic heterocycles. The summed E-state index contributed by atoms with van der Waals surface area (Å²) in [7, 11) is 1.46. The maximum atomic E-state index is 11.4. The number of nitrogens with zero attached hydrogens (tertiary/aromatic N) is 1. The Morgan fingerprint density at radius 1 is 1.28 bits per heavy atom. The molecule has 1 heterocycles. The van der Waals surface area contributed by atoms with Crippen LogP contribution >= 0.6 is 0 Å². The normalized spacial score (nSPS) is 19.2. The highest BCUT2D eigenvalue weighted by molar-refractivity contribution is 5.68. The quantitative estimate of drug-likeness (QED) is 0.642. The fourth-order valence-corrected chi connectivity index (χ4v) is 2.82. The number of ether oxygens (including phenoxy) is 1. The summed E-state index contributed by atoms with van der Waals surface area (Å²) in [5.41, 5.74) is 0.401. The second-order valence-electron chi connectivity index (χ2n) is 5.89. The molecule has 0 aromatic rings. The van der Waals surface area contributed by atoms with Crippen molar-refractivity contribution in [3.05, 3.63) is 0 Å². The maximum Gasteiger partial charge on any atom is 0.409 e. The predicted molar refractivity (Wildman–Crippen MR) is 74.6 cm³/mol. The summed E-state index contributed by atoms with van der Waals surface area (Å²) in [6.45, 7) is 8.67. The van der Waals surface area contributed by atoms with Crippen LogP contribution in [0.4, 0.5) is 4.79 Å². The molecule has 106 valence electrons. The minimum Gasteiger partial charge on any atom is -0.453 e. The van der Waals surface area contributed by atoms with E-state index in [4.69, 9.17) is 4.74 Å². The molecule has 1 rings (SSSR count).